The summed E-state index contributed by atoms with van der Waals surface area (Å²) >= 11 is 6.34. The SMILES string of the molecule is COC(C)(C)O[C@@H](CN(CCN(C)C)Cc1ccc(Cl)cc1)[C@@]12CC[C@]3(C)[C@H](CC[C@@H]4[C@@]5(C)CC[C@H](OC(=O)CC(C)(C)C(=O)O)C(C)(C)[C@@H]5CC[C@]43C)C1=C(C(C)C)C(=O)C2. The summed E-state index contributed by atoms with van der Waals surface area (Å²) in [6.07, 6.45) is 7.76. The largest absolute Gasteiger partial charge is 0.481 e. The Morgan fingerprint density at radius 1 is 0.887 bits per heavy atom. The van der Waals surface area contributed by atoms with Crippen LogP contribution in [0, 0.1) is 56.2 Å². The first-order valence-electron chi connectivity index (χ1n) is 23.7. The van der Waals surface area contributed by atoms with E-state index in [0.717, 1.165) is 81.6 Å². The molecule has 5 aliphatic rings. The fourth-order valence-corrected chi connectivity index (χ4v) is 14.4. The molecule has 4 fully saturated rings. The van der Waals surface area contributed by atoms with E-state index in [-0.39, 0.29) is 52.1 Å². The van der Waals surface area contributed by atoms with Crippen LogP contribution in [0.3, 0.4) is 0 Å². The van der Waals surface area contributed by atoms with Crippen molar-refractivity contribution in [3.05, 3.63) is 46.0 Å². The molecule has 0 aliphatic heterocycles. The second-order valence-electron chi connectivity index (χ2n) is 23.4. The number of rotatable bonds is 16. The third-order valence-electron chi connectivity index (χ3n) is 18.0. The molecule has 6 rings (SSSR count). The summed E-state index contributed by atoms with van der Waals surface area (Å²) in [4.78, 5) is 44.6. The fourth-order valence-electron chi connectivity index (χ4n) is 14.3. The lowest BCUT2D eigenvalue weighted by molar-refractivity contribution is -0.259. The number of aliphatic carboxylic acids is 1. The molecule has 0 heterocycles. The van der Waals surface area contributed by atoms with Crippen molar-refractivity contribution in [2.24, 2.45) is 56.2 Å². The maximum absolute atomic E-state index is 14.8. The number of carboxylic acid groups (broad SMARTS) is 1. The van der Waals surface area contributed by atoms with Gasteiger partial charge >= 0.3 is 11.9 Å². The van der Waals surface area contributed by atoms with E-state index in [1.807, 2.05) is 26.0 Å². The summed E-state index contributed by atoms with van der Waals surface area (Å²) < 4.78 is 19.6. The molecule has 10 heteroatoms. The van der Waals surface area contributed by atoms with Crippen LogP contribution in [0.25, 0.3) is 0 Å². The molecule has 348 valence electrons. The fraction of sp³-hybridized carbons (Fsp3) is 0.788. The zero-order chi connectivity index (χ0) is 46.0. The van der Waals surface area contributed by atoms with Gasteiger partial charge in [0.25, 0.3) is 0 Å². The number of benzene rings is 1. The third kappa shape index (κ3) is 8.74. The number of halogens is 1. The van der Waals surface area contributed by atoms with Gasteiger partial charge in [-0.2, -0.15) is 0 Å². The molecule has 0 bridgehead atoms. The molecule has 0 spiro atoms. The number of likely N-dealkylation sites (N-methyl/N-ethyl adjacent to an activating group) is 1. The minimum absolute atomic E-state index is 0.0292. The molecule has 1 aromatic carbocycles. The Balaban J connectivity index is 1.36. The van der Waals surface area contributed by atoms with Crippen LogP contribution < -0.4 is 0 Å². The minimum Gasteiger partial charge on any atom is -0.481 e. The summed E-state index contributed by atoms with van der Waals surface area (Å²) in [6.45, 7) is 27.1. The molecule has 0 amide bonds. The van der Waals surface area contributed by atoms with Gasteiger partial charge in [0.1, 0.15) is 6.10 Å². The van der Waals surface area contributed by atoms with Crippen LogP contribution in [0.1, 0.15) is 146 Å². The molecule has 9 nitrogen and oxygen atoms in total. The Hall–Kier alpha value is -2.30. The number of esters is 1. The average molecular weight is 882 g/mol. The van der Waals surface area contributed by atoms with Crippen molar-refractivity contribution in [3.8, 4) is 0 Å². The Morgan fingerprint density at radius 3 is 2.15 bits per heavy atom. The van der Waals surface area contributed by atoms with Gasteiger partial charge in [-0.3, -0.25) is 19.3 Å². The van der Waals surface area contributed by atoms with Crippen molar-refractivity contribution in [1.29, 1.82) is 0 Å². The highest BCUT2D eigenvalue weighted by atomic mass is 35.5. The topological polar surface area (TPSA) is 106 Å². The van der Waals surface area contributed by atoms with E-state index in [1.165, 1.54) is 11.1 Å². The quantitative estimate of drug-likeness (QED) is 0.128. The van der Waals surface area contributed by atoms with Crippen LogP contribution in [-0.2, 0) is 35.1 Å². The summed E-state index contributed by atoms with van der Waals surface area (Å²) in [5, 5.41) is 10.4. The first-order valence-corrected chi connectivity index (χ1v) is 24.1. The first kappa shape index (κ1) is 49.1. The molecule has 0 aromatic heterocycles. The van der Waals surface area contributed by atoms with Gasteiger partial charge in [0.2, 0.25) is 0 Å². The lowest BCUT2D eigenvalue weighted by Crippen LogP contribution is -2.66. The molecule has 0 radical (unpaired) electrons. The number of Topliss-reactive ketones (excluding diaryl/α,β-unsaturated/α-hetero) is 1. The number of fused-ring (bicyclic) bond motifs is 7. The maximum Gasteiger partial charge on any atom is 0.309 e. The molecule has 0 unspecified atom stereocenters. The number of ether oxygens (including phenoxy) is 3. The first-order chi connectivity index (χ1) is 28.7. The van der Waals surface area contributed by atoms with E-state index >= 15 is 0 Å². The third-order valence-corrected chi connectivity index (χ3v) is 18.3. The number of methoxy groups -OCH3 is 1. The summed E-state index contributed by atoms with van der Waals surface area (Å²) in [5.41, 5.74) is 1.82. The van der Waals surface area contributed by atoms with Crippen molar-refractivity contribution >= 4 is 29.3 Å². The highest BCUT2D eigenvalue weighted by Crippen LogP contribution is 2.77. The molecule has 62 heavy (non-hydrogen) atoms. The summed E-state index contributed by atoms with van der Waals surface area (Å²) in [7, 11) is 5.96. The van der Waals surface area contributed by atoms with Crippen molar-refractivity contribution < 1.29 is 33.7 Å². The highest BCUT2D eigenvalue weighted by Gasteiger charge is 2.71. The number of nitrogens with zero attached hydrogens (tertiary/aromatic N) is 2. The Bertz CT molecular complexity index is 1870. The van der Waals surface area contributed by atoms with E-state index in [2.05, 4.69) is 84.5 Å². The number of hydrogen-bond donors (Lipinski definition) is 1. The number of allylic oxidation sites excluding steroid dienone is 1. The van der Waals surface area contributed by atoms with E-state index < -0.39 is 28.6 Å². The Kier molecular flexibility index (Phi) is 13.9. The monoisotopic (exact) mass is 881 g/mol. The minimum atomic E-state index is -1.17. The van der Waals surface area contributed by atoms with Gasteiger partial charge in [0.15, 0.2) is 11.6 Å². The molecule has 1 aromatic rings. The Labute approximate surface area is 379 Å². The van der Waals surface area contributed by atoms with Gasteiger partial charge in [0, 0.05) is 55.6 Å². The molecule has 9 atom stereocenters. The second-order valence-corrected chi connectivity index (χ2v) is 23.9. The smallest absolute Gasteiger partial charge is 0.309 e. The van der Waals surface area contributed by atoms with Crippen LogP contribution in [0.4, 0.5) is 0 Å². The van der Waals surface area contributed by atoms with Gasteiger partial charge in [0.05, 0.1) is 17.9 Å². The van der Waals surface area contributed by atoms with E-state index in [4.69, 9.17) is 25.8 Å². The van der Waals surface area contributed by atoms with Gasteiger partial charge in [-0.15, -0.1) is 0 Å². The van der Waals surface area contributed by atoms with Crippen LogP contribution in [-0.4, -0.2) is 91.5 Å². The molecule has 5 aliphatic carbocycles. The number of carbonyl (C=O) groups is 3. The van der Waals surface area contributed by atoms with Gasteiger partial charge in [-0.05, 0) is 156 Å². The molecule has 0 saturated heterocycles. The standard InChI is InChI=1S/C52H81ClN2O7/c1-33(2)43-37(56)29-52(41(62-48(7,8)60-14)32-55(28-27-54(12)13)31-34-15-17-35(53)18-16-34)26-25-50(10)36(44(43)52)19-20-39-49(9)23-22-40(61-42(57)30-46(3,4)45(58)59)47(5,6)38(49)21-24-51(39,50)11/h15-18,33,36,38-41H,19-32H2,1-14H3,(H,58,59)/t36-,38+,39-,40+,41+,49+,50-,51-,52+/m1/s1. The zero-order valence-electron chi connectivity index (χ0n) is 40.8. The zero-order valence-corrected chi connectivity index (χ0v) is 41.6. The number of hydrogen-bond acceptors (Lipinski definition) is 8. The van der Waals surface area contributed by atoms with Crippen molar-refractivity contribution in [1.82, 2.24) is 9.80 Å². The molecular weight excluding hydrogens is 800 g/mol. The lowest BCUT2D eigenvalue weighted by atomic mass is 9.33. The van der Waals surface area contributed by atoms with Gasteiger partial charge < -0.3 is 24.2 Å². The lowest BCUT2D eigenvalue weighted by Gasteiger charge is -2.72. The molecule has 4 saturated carbocycles. The van der Waals surface area contributed by atoms with Crippen LogP contribution in [0.5, 0.6) is 0 Å². The van der Waals surface area contributed by atoms with Crippen LogP contribution in [0.15, 0.2) is 35.4 Å². The second kappa shape index (κ2) is 17.5. The van der Waals surface area contributed by atoms with E-state index in [0.29, 0.717) is 30.6 Å². The number of carbonyl (C=O) groups excluding carboxylic acids is 2. The van der Waals surface area contributed by atoms with Crippen molar-refractivity contribution in [3.63, 3.8) is 0 Å². The van der Waals surface area contributed by atoms with Crippen LogP contribution >= 0.6 is 11.6 Å². The van der Waals surface area contributed by atoms with Crippen molar-refractivity contribution in [2.75, 3.05) is 40.8 Å². The number of ketones is 1. The van der Waals surface area contributed by atoms with E-state index in [9.17, 15) is 19.5 Å². The van der Waals surface area contributed by atoms with Gasteiger partial charge in [-0.1, -0.05) is 77.8 Å². The predicted octanol–water partition coefficient (Wildman–Crippen LogP) is 10.9. The maximum atomic E-state index is 14.8. The summed E-state index contributed by atoms with van der Waals surface area (Å²) in [5.74, 6) is -0.766. The summed E-state index contributed by atoms with van der Waals surface area (Å²) in [6, 6.07) is 8.16. The normalized spacial score (nSPS) is 33.9. The average Bonchev–Trinajstić information content (AvgIpc) is 3.48. The highest BCUT2D eigenvalue weighted by molar-refractivity contribution is 6.30. The molecule has 1 N–H and O–H groups in total. The van der Waals surface area contributed by atoms with E-state index in [1.54, 1.807) is 21.0 Å². The van der Waals surface area contributed by atoms with Crippen molar-refractivity contribution in [2.45, 2.75) is 165 Å². The molecular formula is C52H81ClN2O7. The number of carboxylic acids is 1. The van der Waals surface area contributed by atoms with Gasteiger partial charge in [-0.25, -0.2) is 0 Å². The predicted molar refractivity (Wildman–Crippen MR) is 247 cm³/mol. The van der Waals surface area contributed by atoms with Crippen LogP contribution in [0.2, 0.25) is 5.02 Å². The Morgan fingerprint density at radius 2 is 1.55 bits per heavy atom.